The average molecular weight is 360 g/mol. The van der Waals surface area contributed by atoms with Crippen molar-refractivity contribution in [2.45, 2.75) is 18.7 Å². The first kappa shape index (κ1) is 16.4. The van der Waals surface area contributed by atoms with Gasteiger partial charge in [0.05, 0.1) is 0 Å². The fourth-order valence-corrected chi connectivity index (χ4v) is 3.24. The zero-order valence-corrected chi connectivity index (χ0v) is 14.0. The Labute approximate surface area is 147 Å². The molecule has 0 amide bonds. The van der Waals surface area contributed by atoms with Crippen molar-refractivity contribution < 1.29 is 17.9 Å². The Morgan fingerprint density at radius 3 is 2.54 bits per heavy atom. The number of alkyl halides is 1. The van der Waals surface area contributed by atoms with E-state index in [1.54, 1.807) is 35.9 Å². The maximum Gasteiger partial charge on any atom is 0.201 e. The third kappa shape index (κ3) is 2.25. The monoisotopic (exact) mass is 360 g/mol. The lowest BCUT2D eigenvalue weighted by Gasteiger charge is -2.25. The maximum absolute atomic E-state index is 15.1. The molecule has 4 rings (SSSR count). The molecule has 5 nitrogen and oxygen atoms in total. The Bertz CT molecular complexity index is 1000. The van der Waals surface area contributed by atoms with Crippen LogP contribution in [0, 0.1) is 11.6 Å². The summed E-state index contributed by atoms with van der Waals surface area (Å²) in [7, 11) is 1.66. The van der Waals surface area contributed by atoms with Crippen molar-refractivity contribution >= 4 is 5.69 Å². The Morgan fingerprint density at radius 2 is 1.85 bits per heavy atom. The Morgan fingerprint density at radius 1 is 1.15 bits per heavy atom. The summed E-state index contributed by atoms with van der Waals surface area (Å²) < 4.78 is 49.7. The molecular weight excluding hydrogens is 345 g/mol. The SMILES string of the molecule is Cn1c(-c2ccc(N)cc2)nnc1C1(C)Oc2c(F)cc(F)cc2C1F. The second kappa shape index (κ2) is 5.48. The molecule has 8 heteroatoms. The molecule has 0 saturated carbocycles. The first-order chi connectivity index (χ1) is 12.3. The van der Waals surface area contributed by atoms with E-state index in [0.29, 0.717) is 17.6 Å². The van der Waals surface area contributed by atoms with E-state index in [1.807, 2.05) is 0 Å². The molecule has 2 unspecified atom stereocenters. The van der Waals surface area contributed by atoms with Gasteiger partial charge in [-0.05, 0) is 37.3 Å². The lowest BCUT2D eigenvalue weighted by atomic mass is 9.95. The topological polar surface area (TPSA) is 66.0 Å². The Hall–Kier alpha value is -3.03. The number of hydrogen-bond acceptors (Lipinski definition) is 4. The quantitative estimate of drug-likeness (QED) is 0.709. The number of fused-ring (bicyclic) bond motifs is 1. The van der Waals surface area contributed by atoms with Crippen molar-refractivity contribution in [1.82, 2.24) is 14.8 Å². The largest absolute Gasteiger partial charge is 0.473 e. The van der Waals surface area contributed by atoms with E-state index in [4.69, 9.17) is 10.5 Å². The van der Waals surface area contributed by atoms with Gasteiger partial charge in [-0.15, -0.1) is 10.2 Å². The first-order valence-electron chi connectivity index (χ1n) is 7.89. The predicted octanol–water partition coefficient (Wildman–Crippen LogP) is 3.66. The highest BCUT2D eigenvalue weighted by molar-refractivity contribution is 5.59. The van der Waals surface area contributed by atoms with Gasteiger partial charge in [0, 0.05) is 29.9 Å². The number of aromatic nitrogens is 3. The minimum Gasteiger partial charge on any atom is -0.473 e. The van der Waals surface area contributed by atoms with Gasteiger partial charge in [-0.2, -0.15) is 0 Å². The van der Waals surface area contributed by atoms with Crippen LogP contribution in [0.2, 0.25) is 0 Å². The number of benzene rings is 2. The summed E-state index contributed by atoms with van der Waals surface area (Å²) in [4.78, 5) is 0. The summed E-state index contributed by atoms with van der Waals surface area (Å²) in [5.41, 5.74) is 5.20. The standard InChI is InChI=1S/C18H15F3N4O/c1-18(15(21)12-7-10(19)8-13(20)14(12)26-18)17-24-23-16(25(17)2)9-3-5-11(22)6-4-9/h3-8,15H,22H2,1-2H3. The molecule has 2 heterocycles. The van der Waals surface area contributed by atoms with Crippen LogP contribution >= 0.6 is 0 Å². The Kier molecular flexibility index (Phi) is 3.47. The van der Waals surface area contributed by atoms with Gasteiger partial charge in [0.1, 0.15) is 5.82 Å². The van der Waals surface area contributed by atoms with Crippen LogP contribution in [0.4, 0.5) is 18.9 Å². The summed E-state index contributed by atoms with van der Waals surface area (Å²) >= 11 is 0. The van der Waals surface area contributed by atoms with Crippen LogP contribution in [-0.4, -0.2) is 14.8 Å². The number of halogens is 3. The summed E-state index contributed by atoms with van der Waals surface area (Å²) in [6, 6.07) is 8.54. The zero-order valence-electron chi connectivity index (χ0n) is 14.0. The third-order valence-corrected chi connectivity index (χ3v) is 4.60. The molecule has 0 aliphatic carbocycles. The van der Waals surface area contributed by atoms with Crippen molar-refractivity contribution in [3.63, 3.8) is 0 Å². The highest BCUT2D eigenvalue weighted by Gasteiger charge is 2.51. The van der Waals surface area contributed by atoms with E-state index in [9.17, 15) is 8.78 Å². The van der Waals surface area contributed by atoms with Gasteiger partial charge in [-0.1, -0.05) is 0 Å². The number of ether oxygens (including phenoxy) is 1. The smallest absolute Gasteiger partial charge is 0.201 e. The van der Waals surface area contributed by atoms with E-state index >= 15 is 4.39 Å². The van der Waals surface area contributed by atoms with Crippen molar-refractivity contribution in [2.75, 3.05) is 5.73 Å². The van der Waals surface area contributed by atoms with Crippen molar-refractivity contribution in [2.24, 2.45) is 7.05 Å². The average Bonchev–Trinajstić information content (AvgIpc) is 3.10. The van der Waals surface area contributed by atoms with Gasteiger partial charge < -0.3 is 15.0 Å². The molecule has 1 aliphatic heterocycles. The van der Waals surface area contributed by atoms with Gasteiger partial charge in [0.25, 0.3) is 0 Å². The van der Waals surface area contributed by atoms with Crippen molar-refractivity contribution in [1.29, 1.82) is 0 Å². The molecule has 0 bridgehead atoms. The van der Waals surface area contributed by atoms with E-state index in [1.165, 1.54) is 6.92 Å². The molecule has 1 aromatic heterocycles. The second-order valence-electron chi connectivity index (χ2n) is 6.41. The highest BCUT2D eigenvalue weighted by Crippen LogP contribution is 2.51. The fourth-order valence-electron chi connectivity index (χ4n) is 3.24. The first-order valence-corrected chi connectivity index (χ1v) is 7.89. The molecule has 26 heavy (non-hydrogen) atoms. The number of anilines is 1. The van der Waals surface area contributed by atoms with Crippen LogP contribution in [-0.2, 0) is 12.6 Å². The second-order valence-corrected chi connectivity index (χ2v) is 6.41. The van der Waals surface area contributed by atoms with Gasteiger partial charge in [-0.3, -0.25) is 0 Å². The molecule has 0 saturated heterocycles. The lowest BCUT2D eigenvalue weighted by Crippen LogP contribution is -2.33. The number of nitrogen functional groups attached to an aromatic ring is 1. The molecule has 2 atom stereocenters. The molecular formula is C18H15F3N4O. The van der Waals surface area contributed by atoms with Gasteiger partial charge in [0.15, 0.2) is 29.4 Å². The van der Waals surface area contributed by atoms with Crippen LogP contribution in [0.1, 0.15) is 24.5 Å². The molecule has 3 aromatic rings. The predicted molar refractivity (Wildman–Crippen MR) is 89.0 cm³/mol. The molecule has 0 fully saturated rings. The number of rotatable bonds is 2. The zero-order chi connectivity index (χ0) is 18.6. The van der Waals surface area contributed by atoms with Crippen LogP contribution in [0.5, 0.6) is 5.75 Å². The van der Waals surface area contributed by atoms with Crippen LogP contribution in [0.25, 0.3) is 11.4 Å². The lowest BCUT2D eigenvalue weighted by molar-refractivity contribution is 0.0185. The fraction of sp³-hybridized carbons (Fsp3) is 0.222. The van der Waals surface area contributed by atoms with E-state index in [-0.39, 0.29) is 17.1 Å². The highest BCUT2D eigenvalue weighted by atomic mass is 19.1. The van der Waals surface area contributed by atoms with Gasteiger partial charge >= 0.3 is 0 Å². The normalized spacial score (nSPS) is 21.5. The molecule has 0 radical (unpaired) electrons. The molecule has 1 aliphatic rings. The third-order valence-electron chi connectivity index (χ3n) is 4.60. The molecule has 134 valence electrons. The minimum absolute atomic E-state index is 0.160. The summed E-state index contributed by atoms with van der Waals surface area (Å²) in [6.07, 6.45) is -1.80. The number of hydrogen-bond donors (Lipinski definition) is 1. The van der Waals surface area contributed by atoms with Gasteiger partial charge in [0.2, 0.25) is 5.60 Å². The van der Waals surface area contributed by atoms with Crippen LogP contribution in [0.15, 0.2) is 36.4 Å². The number of nitrogens with zero attached hydrogens (tertiary/aromatic N) is 3. The minimum atomic E-state index is -1.80. The number of nitrogens with two attached hydrogens (primary N) is 1. The van der Waals surface area contributed by atoms with E-state index in [2.05, 4.69) is 10.2 Å². The van der Waals surface area contributed by atoms with E-state index < -0.39 is 23.4 Å². The molecule has 0 spiro atoms. The molecule has 2 N–H and O–H groups in total. The van der Waals surface area contributed by atoms with Crippen molar-refractivity contribution in [3.8, 4) is 17.1 Å². The molecule has 2 aromatic carbocycles. The summed E-state index contributed by atoms with van der Waals surface area (Å²) in [5.74, 6) is -1.49. The summed E-state index contributed by atoms with van der Waals surface area (Å²) in [5, 5.41) is 8.15. The van der Waals surface area contributed by atoms with E-state index in [0.717, 1.165) is 11.6 Å². The van der Waals surface area contributed by atoms with Gasteiger partial charge in [-0.25, -0.2) is 13.2 Å². The van der Waals surface area contributed by atoms with Crippen LogP contribution < -0.4 is 10.5 Å². The van der Waals surface area contributed by atoms with Crippen LogP contribution in [0.3, 0.4) is 0 Å². The maximum atomic E-state index is 15.1. The summed E-state index contributed by atoms with van der Waals surface area (Å²) in [6.45, 7) is 1.44. The van der Waals surface area contributed by atoms with Crippen molar-refractivity contribution in [3.05, 3.63) is 59.4 Å². The Balaban J connectivity index is 1.79.